The summed E-state index contributed by atoms with van der Waals surface area (Å²) >= 11 is 0. The molecule has 0 amide bonds. The number of aliphatic carboxylic acids is 1. The minimum Gasteiger partial charge on any atom is -0.481 e. The minimum atomic E-state index is -4.33. The Morgan fingerprint density at radius 2 is 1.76 bits per heavy atom. The fraction of sp³-hybridized carbons (Fsp3) is 0.533. The van der Waals surface area contributed by atoms with Crippen molar-refractivity contribution in [1.82, 2.24) is 0 Å². The van der Waals surface area contributed by atoms with Crippen molar-refractivity contribution in [2.75, 3.05) is 0 Å². The molecule has 1 aromatic carbocycles. The first-order valence-electron chi connectivity index (χ1n) is 6.75. The van der Waals surface area contributed by atoms with Crippen LogP contribution in [-0.2, 0) is 11.0 Å². The number of alkyl halides is 3. The Labute approximate surface area is 122 Å². The molecule has 1 rings (SSSR count). The molecule has 0 spiro atoms. The average molecular weight is 303 g/mol. The molecule has 0 aliphatic rings. The van der Waals surface area contributed by atoms with E-state index in [0.29, 0.717) is 6.42 Å². The van der Waals surface area contributed by atoms with E-state index < -0.39 is 23.8 Å². The lowest BCUT2D eigenvalue weighted by Crippen LogP contribution is -2.31. The Hall–Kier alpha value is -1.56. The normalized spacial score (nSPS) is 16.3. The number of hydrogen-bond acceptors (Lipinski definition) is 2. The largest absolute Gasteiger partial charge is 0.481 e. The third kappa shape index (κ3) is 5.38. The maximum absolute atomic E-state index is 12.5. The van der Waals surface area contributed by atoms with Crippen LogP contribution in [0.4, 0.5) is 13.2 Å². The summed E-state index contributed by atoms with van der Waals surface area (Å²) in [5, 5.41) is 8.70. The average Bonchev–Trinajstić information content (AvgIpc) is 2.36. The van der Waals surface area contributed by atoms with Crippen LogP contribution in [0.25, 0.3) is 0 Å². The second-order valence-corrected chi connectivity index (χ2v) is 5.50. The van der Waals surface area contributed by atoms with Gasteiger partial charge in [0.15, 0.2) is 0 Å². The molecule has 6 heteroatoms. The van der Waals surface area contributed by atoms with Gasteiger partial charge in [-0.2, -0.15) is 13.2 Å². The molecule has 3 nitrogen and oxygen atoms in total. The van der Waals surface area contributed by atoms with E-state index in [-0.39, 0.29) is 18.3 Å². The van der Waals surface area contributed by atoms with Crippen LogP contribution >= 0.6 is 0 Å². The molecule has 0 saturated heterocycles. The Morgan fingerprint density at radius 3 is 2.19 bits per heavy atom. The number of rotatable bonds is 6. The van der Waals surface area contributed by atoms with E-state index in [1.165, 1.54) is 12.1 Å². The third-order valence-corrected chi connectivity index (χ3v) is 3.67. The molecule has 0 bridgehead atoms. The van der Waals surface area contributed by atoms with Crippen LogP contribution in [0, 0.1) is 5.92 Å². The molecule has 1 aromatic rings. The summed E-state index contributed by atoms with van der Waals surface area (Å²) in [6, 6.07) is 4.59. The molecule has 0 radical (unpaired) electrons. The van der Waals surface area contributed by atoms with E-state index in [9.17, 15) is 18.0 Å². The molecule has 3 N–H and O–H groups in total. The van der Waals surface area contributed by atoms with Crippen molar-refractivity contribution in [3.05, 3.63) is 35.4 Å². The molecule has 118 valence electrons. The molecule has 0 aliphatic heterocycles. The summed E-state index contributed by atoms with van der Waals surface area (Å²) in [5.74, 6) is -0.961. The van der Waals surface area contributed by atoms with Crippen molar-refractivity contribution < 1.29 is 23.1 Å². The van der Waals surface area contributed by atoms with Crippen LogP contribution < -0.4 is 5.73 Å². The van der Waals surface area contributed by atoms with Crippen molar-refractivity contribution in [2.24, 2.45) is 11.7 Å². The quantitative estimate of drug-likeness (QED) is 0.843. The molecule has 21 heavy (non-hydrogen) atoms. The summed E-state index contributed by atoms with van der Waals surface area (Å²) in [4.78, 5) is 10.6. The number of hydrogen-bond donors (Lipinski definition) is 2. The number of nitrogens with two attached hydrogens (primary N) is 1. The first-order chi connectivity index (χ1) is 9.61. The first kappa shape index (κ1) is 17.5. The first-order valence-corrected chi connectivity index (χ1v) is 6.75. The zero-order valence-electron chi connectivity index (χ0n) is 12.0. The fourth-order valence-corrected chi connectivity index (χ4v) is 2.27. The zero-order chi connectivity index (χ0) is 16.2. The fourth-order valence-electron chi connectivity index (χ4n) is 2.27. The predicted octanol–water partition coefficient (Wildman–Crippen LogP) is 3.64. The number of benzene rings is 1. The van der Waals surface area contributed by atoms with Gasteiger partial charge < -0.3 is 10.8 Å². The Morgan fingerprint density at radius 1 is 1.24 bits per heavy atom. The van der Waals surface area contributed by atoms with Gasteiger partial charge in [-0.25, -0.2) is 0 Å². The van der Waals surface area contributed by atoms with Gasteiger partial charge in [-0.15, -0.1) is 0 Å². The zero-order valence-corrected chi connectivity index (χ0v) is 12.0. The van der Waals surface area contributed by atoms with E-state index in [1.807, 2.05) is 13.8 Å². The second kappa shape index (κ2) is 6.93. The Kier molecular flexibility index (Phi) is 5.78. The van der Waals surface area contributed by atoms with E-state index in [4.69, 9.17) is 10.8 Å². The van der Waals surface area contributed by atoms with Crippen LogP contribution in [0.15, 0.2) is 24.3 Å². The summed E-state index contributed by atoms with van der Waals surface area (Å²) in [7, 11) is 0. The summed E-state index contributed by atoms with van der Waals surface area (Å²) in [6.45, 7) is 3.75. The highest BCUT2D eigenvalue weighted by Crippen LogP contribution is 2.31. The summed E-state index contributed by atoms with van der Waals surface area (Å²) < 4.78 is 37.5. The lowest BCUT2D eigenvalue weighted by molar-refractivity contribution is -0.138. The van der Waals surface area contributed by atoms with Gasteiger partial charge in [0, 0.05) is 6.04 Å². The van der Waals surface area contributed by atoms with Gasteiger partial charge in [-0.05, 0) is 36.0 Å². The highest BCUT2D eigenvalue weighted by molar-refractivity contribution is 5.67. The Bertz CT molecular complexity index is 471. The summed E-state index contributed by atoms with van der Waals surface area (Å²) in [6.07, 6.45) is -3.82. The molecule has 0 fully saturated rings. The van der Waals surface area contributed by atoms with E-state index in [2.05, 4.69) is 0 Å². The molecule has 3 atom stereocenters. The highest BCUT2D eigenvalue weighted by atomic mass is 19.4. The van der Waals surface area contributed by atoms with Crippen LogP contribution in [0.5, 0.6) is 0 Å². The number of carbonyl (C=O) groups is 1. The lowest BCUT2D eigenvalue weighted by Gasteiger charge is -2.22. The van der Waals surface area contributed by atoms with Crippen LogP contribution in [0.3, 0.4) is 0 Å². The highest BCUT2D eigenvalue weighted by Gasteiger charge is 2.30. The standard InChI is InChI=1S/C15H20F3NO2/c1-9(7-10(2)13(19)8-14(20)21)11-3-5-12(6-4-11)15(16,17)18/h3-6,9-10,13H,7-8,19H2,1-2H3,(H,20,21). The SMILES string of the molecule is CC(CC(C)C(N)CC(=O)O)c1ccc(C(F)(F)F)cc1. The molecule has 0 aliphatic carbocycles. The maximum atomic E-state index is 12.5. The van der Waals surface area contributed by atoms with Crippen LogP contribution in [0.1, 0.15) is 43.7 Å². The van der Waals surface area contributed by atoms with Crippen molar-refractivity contribution >= 4 is 5.97 Å². The lowest BCUT2D eigenvalue weighted by atomic mass is 9.86. The number of carboxylic acids is 1. The van der Waals surface area contributed by atoms with Gasteiger partial charge >= 0.3 is 12.1 Å². The topological polar surface area (TPSA) is 63.3 Å². The molecule has 0 heterocycles. The molecule has 3 unspecified atom stereocenters. The van der Waals surface area contributed by atoms with E-state index in [0.717, 1.165) is 17.7 Å². The van der Waals surface area contributed by atoms with Crippen molar-refractivity contribution in [1.29, 1.82) is 0 Å². The monoisotopic (exact) mass is 303 g/mol. The Balaban J connectivity index is 2.67. The predicted molar refractivity (Wildman–Crippen MR) is 73.9 cm³/mol. The molecular formula is C15H20F3NO2. The van der Waals surface area contributed by atoms with E-state index >= 15 is 0 Å². The van der Waals surface area contributed by atoms with Crippen molar-refractivity contribution in [2.45, 2.75) is 44.8 Å². The van der Waals surface area contributed by atoms with Gasteiger partial charge in [0.05, 0.1) is 12.0 Å². The molecule has 0 aromatic heterocycles. The second-order valence-electron chi connectivity index (χ2n) is 5.50. The van der Waals surface area contributed by atoms with Gasteiger partial charge in [-0.3, -0.25) is 4.79 Å². The van der Waals surface area contributed by atoms with Gasteiger partial charge in [0.1, 0.15) is 0 Å². The molecular weight excluding hydrogens is 283 g/mol. The van der Waals surface area contributed by atoms with Crippen molar-refractivity contribution in [3.8, 4) is 0 Å². The number of carboxylic acid groups (broad SMARTS) is 1. The smallest absolute Gasteiger partial charge is 0.416 e. The van der Waals surface area contributed by atoms with Gasteiger partial charge in [0.25, 0.3) is 0 Å². The van der Waals surface area contributed by atoms with Crippen LogP contribution in [-0.4, -0.2) is 17.1 Å². The number of halogens is 3. The summed E-state index contributed by atoms with van der Waals surface area (Å²) in [5.41, 5.74) is 5.91. The van der Waals surface area contributed by atoms with Crippen LogP contribution in [0.2, 0.25) is 0 Å². The third-order valence-electron chi connectivity index (χ3n) is 3.67. The maximum Gasteiger partial charge on any atom is 0.416 e. The van der Waals surface area contributed by atoms with E-state index in [1.54, 1.807) is 0 Å². The van der Waals surface area contributed by atoms with Crippen molar-refractivity contribution in [3.63, 3.8) is 0 Å². The van der Waals surface area contributed by atoms with Gasteiger partial charge in [0.2, 0.25) is 0 Å². The minimum absolute atomic E-state index is 0.0159. The van der Waals surface area contributed by atoms with Gasteiger partial charge in [-0.1, -0.05) is 26.0 Å². The molecule has 0 saturated carbocycles.